The zero-order chi connectivity index (χ0) is 9.11. The summed E-state index contributed by atoms with van der Waals surface area (Å²) < 4.78 is 0. The largest absolute Gasteiger partial charge is 0.0656 e. The molecule has 0 heteroatoms. The van der Waals surface area contributed by atoms with Gasteiger partial charge in [-0.15, -0.1) is 0 Å². The highest BCUT2D eigenvalue weighted by molar-refractivity contribution is 4.48. The van der Waals surface area contributed by atoms with E-state index in [1.807, 2.05) is 0 Å². The van der Waals surface area contributed by atoms with Gasteiger partial charge in [-0.1, -0.05) is 66.7 Å². The molecule has 0 saturated carbocycles. The van der Waals surface area contributed by atoms with E-state index in [1.54, 1.807) is 0 Å². The number of rotatable bonds is 4. The van der Waals surface area contributed by atoms with Crippen LogP contribution in [0.1, 0.15) is 66.7 Å². The maximum absolute atomic E-state index is 2.34. The summed E-state index contributed by atoms with van der Waals surface area (Å²) in [6, 6.07) is 0. The lowest BCUT2D eigenvalue weighted by Crippen LogP contribution is -1.91. The van der Waals surface area contributed by atoms with Crippen molar-refractivity contribution in [3.8, 4) is 0 Å². The fourth-order valence-corrected chi connectivity index (χ4v) is 1.13. The van der Waals surface area contributed by atoms with Crippen molar-refractivity contribution in [1.82, 2.24) is 0 Å². The van der Waals surface area contributed by atoms with Crippen molar-refractivity contribution in [1.29, 1.82) is 0 Å². The van der Waals surface area contributed by atoms with Crippen LogP contribution in [0, 0.1) is 5.92 Å². The van der Waals surface area contributed by atoms with Crippen molar-refractivity contribution in [2.45, 2.75) is 66.7 Å². The van der Waals surface area contributed by atoms with Gasteiger partial charge in [0, 0.05) is 0 Å². The Morgan fingerprint density at radius 2 is 1.09 bits per heavy atom. The first-order valence-corrected chi connectivity index (χ1v) is 5.22. The fourth-order valence-electron chi connectivity index (χ4n) is 1.13. The molecule has 0 rings (SSSR count). The van der Waals surface area contributed by atoms with Crippen LogP contribution < -0.4 is 0 Å². The van der Waals surface area contributed by atoms with Crippen LogP contribution in [0.5, 0.6) is 0 Å². The molecule has 0 saturated heterocycles. The predicted molar refractivity (Wildman–Crippen MR) is 54.9 cm³/mol. The molecular weight excluding hydrogens is 132 g/mol. The van der Waals surface area contributed by atoms with Crippen LogP contribution in [0.25, 0.3) is 0 Å². The molecule has 0 aliphatic carbocycles. The molecular formula is C11H26. The van der Waals surface area contributed by atoms with Crippen LogP contribution in [0.2, 0.25) is 0 Å². The SMILES string of the molecule is CCC.CCCC(C)CCC. The smallest absolute Gasteiger partial charge is 0.0443 e. The van der Waals surface area contributed by atoms with E-state index in [-0.39, 0.29) is 0 Å². The molecule has 11 heavy (non-hydrogen) atoms. The van der Waals surface area contributed by atoms with Crippen molar-refractivity contribution in [2.24, 2.45) is 5.92 Å². The lowest BCUT2D eigenvalue weighted by atomic mass is 10.0. The Balaban J connectivity index is 0. The zero-order valence-electron chi connectivity index (χ0n) is 9.11. The van der Waals surface area contributed by atoms with E-state index >= 15 is 0 Å². The first-order valence-electron chi connectivity index (χ1n) is 5.22. The van der Waals surface area contributed by atoms with E-state index in [0.29, 0.717) is 0 Å². The van der Waals surface area contributed by atoms with Crippen molar-refractivity contribution < 1.29 is 0 Å². The Morgan fingerprint density at radius 3 is 1.27 bits per heavy atom. The summed E-state index contributed by atoms with van der Waals surface area (Å²) in [4.78, 5) is 0. The molecule has 0 atom stereocenters. The molecule has 0 aromatic heterocycles. The zero-order valence-corrected chi connectivity index (χ0v) is 9.11. The van der Waals surface area contributed by atoms with Crippen LogP contribution in [0.15, 0.2) is 0 Å². The molecule has 0 N–H and O–H groups in total. The van der Waals surface area contributed by atoms with Crippen LogP contribution in [0.3, 0.4) is 0 Å². The lowest BCUT2D eigenvalue weighted by molar-refractivity contribution is 0.480. The highest BCUT2D eigenvalue weighted by atomic mass is 14.0. The van der Waals surface area contributed by atoms with Gasteiger partial charge in [-0.3, -0.25) is 0 Å². The van der Waals surface area contributed by atoms with E-state index in [4.69, 9.17) is 0 Å². The molecule has 0 aromatic rings. The summed E-state index contributed by atoms with van der Waals surface area (Å²) >= 11 is 0. The second-order valence-electron chi connectivity index (χ2n) is 3.39. The minimum Gasteiger partial charge on any atom is -0.0656 e. The van der Waals surface area contributed by atoms with E-state index in [0.717, 1.165) is 5.92 Å². The maximum atomic E-state index is 2.34. The highest BCUT2D eigenvalue weighted by Crippen LogP contribution is 2.10. The topological polar surface area (TPSA) is 0 Å². The predicted octanol–water partition coefficient (Wildman–Crippen LogP) is 4.64. The van der Waals surface area contributed by atoms with E-state index < -0.39 is 0 Å². The normalized spacial score (nSPS) is 9.27. The minimum absolute atomic E-state index is 0.963. The van der Waals surface area contributed by atoms with Gasteiger partial charge in [0.25, 0.3) is 0 Å². The lowest BCUT2D eigenvalue weighted by Gasteiger charge is -2.05. The van der Waals surface area contributed by atoms with Crippen molar-refractivity contribution in [2.75, 3.05) is 0 Å². The van der Waals surface area contributed by atoms with Gasteiger partial charge >= 0.3 is 0 Å². The minimum atomic E-state index is 0.963. The molecule has 70 valence electrons. The molecule has 0 spiro atoms. The molecule has 0 unspecified atom stereocenters. The van der Waals surface area contributed by atoms with Crippen molar-refractivity contribution >= 4 is 0 Å². The van der Waals surface area contributed by atoms with Gasteiger partial charge in [-0.25, -0.2) is 0 Å². The summed E-state index contributed by atoms with van der Waals surface area (Å²) in [7, 11) is 0. The molecule has 0 radical (unpaired) electrons. The molecule has 0 aliphatic rings. The van der Waals surface area contributed by atoms with E-state index in [9.17, 15) is 0 Å². The van der Waals surface area contributed by atoms with Crippen LogP contribution in [-0.2, 0) is 0 Å². The summed E-state index contributed by atoms with van der Waals surface area (Å²) in [6.45, 7) is 11.1. The quantitative estimate of drug-likeness (QED) is 0.559. The van der Waals surface area contributed by atoms with Gasteiger partial charge in [-0.2, -0.15) is 0 Å². The monoisotopic (exact) mass is 158 g/mol. The second-order valence-corrected chi connectivity index (χ2v) is 3.39. The number of hydrogen-bond donors (Lipinski definition) is 0. The van der Waals surface area contributed by atoms with E-state index in [1.165, 1.54) is 32.1 Å². The summed E-state index contributed by atoms with van der Waals surface area (Å²) in [5, 5.41) is 0. The van der Waals surface area contributed by atoms with Gasteiger partial charge in [-0.05, 0) is 5.92 Å². The fraction of sp³-hybridized carbons (Fsp3) is 1.00. The molecule has 0 fully saturated rings. The van der Waals surface area contributed by atoms with Crippen molar-refractivity contribution in [3.05, 3.63) is 0 Å². The van der Waals surface area contributed by atoms with Gasteiger partial charge in [0.05, 0.1) is 0 Å². The van der Waals surface area contributed by atoms with Gasteiger partial charge < -0.3 is 0 Å². The van der Waals surface area contributed by atoms with Crippen molar-refractivity contribution in [3.63, 3.8) is 0 Å². The second kappa shape index (κ2) is 12.7. The first kappa shape index (κ1) is 13.6. The highest BCUT2D eigenvalue weighted by Gasteiger charge is 1.95. The molecule has 0 aromatic carbocycles. The Labute approximate surface area is 73.4 Å². The third kappa shape index (κ3) is 17.8. The van der Waals surface area contributed by atoms with Gasteiger partial charge in [0.2, 0.25) is 0 Å². The molecule has 0 nitrogen and oxygen atoms in total. The van der Waals surface area contributed by atoms with Crippen LogP contribution in [-0.4, -0.2) is 0 Å². The Morgan fingerprint density at radius 1 is 0.818 bits per heavy atom. The maximum Gasteiger partial charge on any atom is -0.0443 e. The summed E-state index contributed by atoms with van der Waals surface area (Å²) in [5.74, 6) is 0.963. The molecule has 0 amide bonds. The Hall–Kier alpha value is 0. The first-order chi connectivity index (χ1) is 5.22. The van der Waals surface area contributed by atoms with Crippen LogP contribution in [0.4, 0.5) is 0 Å². The van der Waals surface area contributed by atoms with Gasteiger partial charge in [0.1, 0.15) is 0 Å². The van der Waals surface area contributed by atoms with E-state index in [2.05, 4.69) is 34.6 Å². The third-order valence-electron chi connectivity index (χ3n) is 1.56. The summed E-state index contributed by atoms with van der Waals surface area (Å²) in [6.07, 6.45) is 6.77. The number of hydrogen-bond acceptors (Lipinski definition) is 0. The average Bonchev–Trinajstić information content (AvgIpc) is 1.90. The average molecular weight is 158 g/mol. The third-order valence-corrected chi connectivity index (χ3v) is 1.56. The van der Waals surface area contributed by atoms with Crippen LogP contribution >= 0.6 is 0 Å². The molecule has 0 heterocycles. The Bertz CT molecular complexity index is 42.0. The van der Waals surface area contributed by atoms with Gasteiger partial charge in [0.15, 0.2) is 0 Å². The molecule has 0 aliphatic heterocycles. The standard InChI is InChI=1S/C8H18.C3H8/c1-4-6-8(3)7-5-2;1-3-2/h8H,4-7H2,1-3H3;3H2,1-2H3. The molecule has 0 bridgehead atoms. The summed E-state index contributed by atoms with van der Waals surface area (Å²) in [5.41, 5.74) is 0. The Kier molecular flexibility index (Phi) is 15.6.